The smallest absolute Gasteiger partial charge is 0.238 e. The second kappa shape index (κ2) is 10.3. The molecule has 0 aliphatic carbocycles. The lowest BCUT2D eigenvalue weighted by Gasteiger charge is -2.12. The Hall–Kier alpha value is -2.07. The fourth-order valence-electron chi connectivity index (χ4n) is 4.08. The van der Waals surface area contributed by atoms with Crippen LogP contribution in [0.25, 0.3) is 10.9 Å². The van der Waals surface area contributed by atoms with Gasteiger partial charge < -0.3 is 0 Å². The van der Waals surface area contributed by atoms with Crippen molar-refractivity contribution in [1.82, 2.24) is 3.97 Å². The van der Waals surface area contributed by atoms with E-state index in [1.807, 2.05) is 38.1 Å². The summed E-state index contributed by atoms with van der Waals surface area (Å²) in [5, 5.41) is 1.00. The number of rotatable bonds is 11. The van der Waals surface area contributed by atoms with Crippen molar-refractivity contribution in [2.24, 2.45) is 0 Å². The molecule has 0 radical (unpaired) electrons. The molecular formula is C26H35NO2S. The number of fused-ring (bicyclic) bond motifs is 1. The highest BCUT2D eigenvalue weighted by molar-refractivity contribution is 7.90. The summed E-state index contributed by atoms with van der Waals surface area (Å²) < 4.78 is 28.6. The van der Waals surface area contributed by atoms with E-state index in [-0.39, 0.29) is 0 Å². The van der Waals surface area contributed by atoms with Gasteiger partial charge in [0.15, 0.2) is 0 Å². The number of unbranched alkanes of at least 4 members (excludes halogenated alkanes) is 7. The van der Waals surface area contributed by atoms with Gasteiger partial charge in [0.25, 0.3) is 10.0 Å². The largest absolute Gasteiger partial charge is 0.268 e. The van der Waals surface area contributed by atoms with Gasteiger partial charge in [-0.25, -0.2) is 12.4 Å². The van der Waals surface area contributed by atoms with E-state index in [0.29, 0.717) is 4.90 Å². The van der Waals surface area contributed by atoms with Crippen molar-refractivity contribution in [3.8, 4) is 0 Å². The van der Waals surface area contributed by atoms with Crippen molar-refractivity contribution >= 4 is 20.9 Å². The lowest BCUT2D eigenvalue weighted by Crippen LogP contribution is -2.15. The molecule has 0 aliphatic rings. The van der Waals surface area contributed by atoms with Crippen molar-refractivity contribution in [2.45, 2.75) is 83.5 Å². The molecule has 0 aliphatic heterocycles. The highest BCUT2D eigenvalue weighted by atomic mass is 32.2. The van der Waals surface area contributed by atoms with Crippen molar-refractivity contribution in [1.29, 1.82) is 0 Å². The molecule has 0 N–H and O–H groups in total. The van der Waals surface area contributed by atoms with Gasteiger partial charge in [-0.1, -0.05) is 81.2 Å². The van der Waals surface area contributed by atoms with E-state index in [1.54, 1.807) is 16.1 Å². The Labute approximate surface area is 182 Å². The normalized spacial score (nSPS) is 12.0. The topological polar surface area (TPSA) is 39.1 Å². The van der Waals surface area contributed by atoms with Crippen LogP contribution in [0.1, 0.15) is 75.1 Å². The van der Waals surface area contributed by atoms with Gasteiger partial charge in [0.1, 0.15) is 0 Å². The second-order valence-electron chi connectivity index (χ2n) is 8.51. The van der Waals surface area contributed by atoms with Crippen LogP contribution >= 0.6 is 0 Å². The molecule has 0 saturated carbocycles. The van der Waals surface area contributed by atoms with Crippen LogP contribution in [-0.4, -0.2) is 12.4 Å². The van der Waals surface area contributed by atoms with Gasteiger partial charge in [0.05, 0.1) is 10.4 Å². The molecule has 3 rings (SSSR count). The van der Waals surface area contributed by atoms with Crippen LogP contribution in [0.3, 0.4) is 0 Å². The van der Waals surface area contributed by atoms with Crippen molar-refractivity contribution in [3.63, 3.8) is 0 Å². The quantitative estimate of drug-likeness (QED) is 0.305. The Bertz CT molecular complexity index is 1060. The van der Waals surface area contributed by atoms with E-state index in [9.17, 15) is 8.42 Å². The molecule has 3 aromatic rings. The average Bonchev–Trinajstić information content (AvgIpc) is 3.08. The molecule has 2 aromatic carbocycles. The maximum atomic E-state index is 13.5. The number of nitrogens with zero attached hydrogens (tertiary/aromatic N) is 1. The molecule has 0 saturated heterocycles. The summed E-state index contributed by atoms with van der Waals surface area (Å²) in [6.45, 7) is 6.26. The Kier molecular flexibility index (Phi) is 7.76. The zero-order chi connectivity index (χ0) is 21.6. The van der Waals surface area contributed by atoms with Crippen LogP contribution in [0.15, 0.2) is 53.4 Å². The molecule has 3 nitrogen and oxygen atoms in total. The first kappa shape index (κ1) is 22.6. The van der Waals surface area contributed by atoms with Crippen LogP contribution in [0.5, 0.6) is 0 Å². The van der Waals surface area contributed by atoms with Gasteiger partial charge in [-0.05, 0) is 57.0 Å². The average molecular weight is 426 g/mol. The predicted octanol–water partition coefficient (Wildman–Crippen LogP) is 7.18. The molecule has 1 aromatic heterocycles. The van der Waals surface area contributed by atoms with Gasteiger partial charge in [0, 0.05) is 11.1 Å². The van der Waals surface area contributed by atoms with Crippen LogP contribution < -0.4 is 0 Å². The summed E-state index contributed by atoms with van der Waals surface area (Å²) in [6, 6.07) is 15.2. The minimum absolute atomic E-state index is 0.350. The van der Waals surface area contributed by atoms with Crippen molar-refractivity contribution < 1.29 is 8.42 Å². The Morgan fingerprint density at radius 1 is 0.733 bits per heavy atom. The molecule has 162 valence electrons. The summed E-state index contributed by atoms with van der Waals surface area (Å²) in [4.78, 5) is 0.350. The zero-order valence-corrected chi connectivity index (χ0v) is 19.5. The molecule has 0 fully saturated rings. The first-order valence-corrected chi connectivity index (χ1v) is 12.8. The fourth-order valence-corrected chi connectivity index (χ4v) is 5.65. The first-order valence-electron chi connectivity index (χ1n) is 11.4. The predicted molar refractivity (Wildman–Crippen MR) is 127 cm³/mol. The Morgan fingerprint density at radius 3 is 2.00 bits per heavy atom. The molecule has 4 heteroatoms. The van der Waals surface area contributed by atoms with Gasteiger partial charge in [-0.2, -0.15) is 0 Å². The Morgan fingerprint density at radius 2 is 1.33 bits per heavy atom. The molecule has 1 heterocycles. The van der Waals surface area contributed by atoms with Gasteiger partial charge in [-0.3, -0.25) is 0 Å². The van der Waals surface area contributed by atoms with E-state index in [0.717, 1.165) is 47.0 Å². The summed E-state index contributed by atoms with van der Waals surface area (Å²) in [5.74, 6) is 0. The molecule has 0 spiro atoms. The highest BCUT2D eigenvalue weighted by Crippen LogP contribution is 2.28. The van der Waals surface area contributed by atoms with E-state index < -0.39 is 10.0 Å². The van der Waals surface area contributed by atoms with E-state index in [1.165, 1.54) is 38.5 Å². The molecule has 0 bridgehead atoms. The summed E-state index contributed by atoms with van der Waals surface area (Å²) >= 11 is 0. The minimum atomic E-state index is -3.62. The first-order chi connectivity index (χ1) is 14.4. The number of aromatic nitrogens is 1. The van der Waals surface area contributed by atoms with Crippen LogP contribution in [0.2, 0.25) is 0 Å². The monoisotopic (exact) mass is 425 g/mol. The minimum Gasteiger partial charge on any atom is -0.238 e. The van der Waals surface area contributed by atoms with E-state index in [2.05, 4.69) is 19.1 Å². The third-order valence-electron chi connectivity index (χ3n) is 5.83. The second-order valence-corrected chi connectivity index (χ2v) is 10.3. The number of benzene rings is 2. The third-order valence-corrected chi connectivity index (χ3v) is 7.61. The summed E-state index contributed by atoms with van der Waals surface area (Å²) in [7, 11) is -3.62. The number of hydrogen-bond acceptors (Lipinski definition) is 2. The number of hydrogen-bond donors (Lipinski definition) is 0. The maximum Gasteiger partial charge on any atom is 0.268 e. The van der Waals surface area contributed by atoms with Gasteiger partial charge in [0.2, 0.25) is 0 Å². The highest BCUT2D eigenvalue weighted by Gasteiger charge is 2.22. The SMILES string of the molecule is CCCCCCCCCCc1cc2cc(C)ccc2n1S(=O)(=O)c1ccc(C)cc1. The lowest BCUT2D eigenvalue weighted by atomic mass is 10.1. The van der Waals surface area contributed by atoms with Crippen molar-refractivity contribution in [3.05, 3.63) is 65.4 Å². The molecule has 30 heavy (non-hydrogen) atoms. The van der Waals surface area contributed by atoms with Gasteiger partial charge >= 0.3 is 0 Å². The molecular weight excluding hydrogens is 390 g/mol. The van der Waals surface area contributed by atoms with Gasteiger partial charge in [-0.15, -0.1) is 0 Å². The lowest BCUT2D eigenvalue weighted by molar-refractivity contribution is 0.569. The maximum absolute atomic E-state index is 13.5. The third kappa shape index (κ3) is 5.34. The van der Waals surface area contributed by atoms with E-state index >= 15 is 0 Å². The van der Waals surface area contributed by atoms with Crippen LogP contribution in [0, 0.1) is 13.8 Å². The van der Waals surface area contributed by atoms with E-state index in [4.69, 9.17) is 0 Å². The molecule has 0 amide bonds. The standard InChI is InChI=1S/C26H35NO2S/c1-4-5-6-7-8-9-10-11-12-24-20-23-19-22(3)15-18-26(23)27(24)30(28,29)25-16-13-21(2)14-17-25/h13-20H,4-12H2,1-3H3. The summed E-state index contributed by atoms with van der Waals surface area (Å²) in [6.07, 6.45) is 10.7. The summed E-state index contributed by atoms with van der Waals surface area (Å²) in [5.41, 5.74) is 3.87. The fraction of sp³-hybridized carbons (Fsp3) is 0.462. The van der Waals surface area contributed by atoms with Crippen LogP contribution in [0.4, 0.5) is 0 Å². The molecule has 0 atom stereocenters. The molecule has 0 unspecified atom stereocenters. The van der Waals surface area contributed by atoms with Crippen LogP contribution in [-0.2, 0) is 16.4 Å². The zero-order valence-electron chi connectivity index (χ0n) is 18.7. The number of aryl methyl sites for hydroxylation is 3. The Balaban J connectivity index is 1.81. The van der Waals surface area contributed by atoms with Crippen molar-refractivity contribution in [2.75, 3.05) is 0 Å².